The fraction of sp³-hybridized carbons (Fsp3) is 1.00. The van der Waals surface area contributed by atoms with Gasteiger partial charge in [0, 0.05) is 0 Å². The van der Waals surface area contributed by atoms with Crippen molar-refractivity contribution < 1.29 is 13.9 Å². The first-order chi connectivity index (χ1) is 6.13. The Bertz CT molecular complexity index is 117. The molecule has 13 heavy (non-hydrogen) atoms. The molecule has 0 aromatic rings. The van der Waals surface area contributed by atoms with Crippen molar-refractivity contribution in [1.82, 2.24) is 0 Å². The second-order valence-corrected chi connectivity index (χ2v) is 3.52. The highest BCUT2D eigenvalue weighted by Gasteiger charge is 2.25. The van der Waals surface area contributed by atoms with Gasteiger partial charge in [0.05, 0.1) is 0 Å². The van der Waals surface area contributed by atoms with Crippen LogP contribution in [0.1, 0.15) is 46.0 Å². The molecular weight excluding hydrogens is 174 g/mol. The molecule has 2 unspecified atom stereocenters. The molecule has 0 aromatic heterocycles. The Morgan fingerprint density at radius 1 is 1.08 bits per heavy atom. The van der Waals surface area contributed by atoms with E-state index < -0.39 is 12.5 Å². The summed E-state index contributed by atoms with van der Waals surface area (Å²) >= 11 is 0. The second-order valence-electron chi connectivity index (χ2n) is 3.52. The van der Waals surface area contributed by atoms with E-state index in [1.54, 1.807) is 0 Å². The Kier molecular flexibility index (Phi) is 7.14. The lowest BCUT2D eigenvalue weighted by Gasteiger charge is -2.21. The van der Waals surface area contributed by atoms with E-state index in [-0.39, 0.29) is 5.92 Å². The van der Waals surface area contributed by atoms with Crippen LogP contribution in [0.3, 0.4) is 0 Å². The summed E-state index contributed by atoms with van der Waals surface area (Å²) in [5.74, 6) is -0.218. The minimum atomic E-state index is -2.59. The predicted octanol–water partition coefficient (Wildman–Crippen LogP) is 3.22. The van der Waals surface area contributed by atoms with Crippen molar-refractivity contribution in [2.45, 2.75) is 58.5 Å². The second kappa shape index (κ2) is 7.25. The van der Waals surface area contributed by atoms with Crippen LogP contribution in [-0.4, -0.2) is 17.6 Å². The first-order valence-corrected chi connectivity index (χ1v) is 5.09. The van der Waals surface area contributed by atoms with Crippen molar-refractivity contribution >= 4 is 0 Å². The van der Waals surface area contributed by atoms with Crippen LogP contribution in [0, 0.1) is 5.92 Å². The quantitative estimate of drug-likeness (QED) is 0.659. The molecule has 3 heteroatoms. The molecule has 1 N–H and O–H groups in total. The van der Waals surface area contributed by atoms with E-state index in [4.69, 9.17) is 0 Å². The maximum Gasteiger partial charge on any atom is 0.264 e. The standard InChI is InChI=1S/C10H20F2O/c1-3-5-7-8(6-4-2)9(13)10(11)12/h8-10,13H,3-7H2,1-2H3. The Hall–Kier alpha value is -0.180. The zero-order valence-electron chi connectivity index (χ0n) is 8.47. The van der Waals surface area contributed by atoms with E-state index >= 15 is 0 Å². The summed E-state index contributed by atoms with van der Waals surface area (Å²) in [5, 5.41) is 9.19. The first-order valence-electron chi connectivity index (χ1n) is 5.09. The van der Waals surface area contributed by atoms with Gasteiger partial charge in [0.2, 0.25) is 0 Å². The van der Waals surface area contributed by atoms with Crippen LogP contribution in [0.15, 0.2) is 0 Å². The van der Waals surface area contributed by atoms with Crippen molar-refractivity contribution in [2.24, 2.45) is 5.92 Å². The smallest absolute Gasteiger partial charge is 0.264 e. The highest BCUT2D eigenvalue weighted by molar-refractivity contribution is 4.70. The molecule has 0 rings (SSSR count). The highest BCUT2D eigenvalue weighted by Crippen LogP contribution is 2.22. The van der Waals surface area contributed by atoms with E-state index in [0.717, 1.165) is 25.7 Å². The molecule has 0 aliphatic heterocycles. The molecule has 0 radical (unpaired) electrons. The zero-order valence-corrected chi connectivity index (χ0v) is 8.47. The maximum absolute atomic E-state index is 12.2. The molecule has 1 nitrogen and oxygen atoms in total. The highest BCUT2D eigenvalue weighted by atomic mass is 19.3. The van der Waals surface area contributed by atoms with Crippen molar-refractivity contribution in [3.05, 3.63) is 0 Å². The summed E-state index contributed by atoms with van der Waals surface area (Å²) in [5.41, 5.74) is 0. The van der Waals surface area contributed by atoms with Crippen molar-refractivity contribution in [3.8, 4) is 0 Å². The largest absolute Gasteiger partial charge is 0.387 e. The van der Waals surface area contributed by atoms with E-state index in [9.17, 15) is 13.9 Å². The van der Waals surface area contributed by atoms with Gasteiger partial charge in [0.25, 0.3) is 6.43 Å². The number of hydrogen-bond donors (Lipinski definition) is 1. The minimum absolute atomic E-state index is 0.218. The molecule has 0 spiro atoms. The van der Waals surface area contributed by atoms with Gasteiger partial charge in [-0.25, -0.2) is 8.78 Å². The van der Waals surface area contributed by atoms with Crippen LogP contribution in [-0.2, 0) is 0 Å². The van der Waals surface area contributed by atoms with Crippen LogP contribution >= 0.6 is 0 Å². The van der Waals surface area contributed by atoms with Gasteiger partial charge in [-0.2, -0.15) is 0 Å². The Labute approximate surface area is 79.1 Å². The Morgan fingerprint density at radius 3 is 2.08 bits per heavy atom. The summed E-state index contributed by atoms with van der Waals surface area (Å²) in [6, 6.07) is 0. The lowest BCUT2D eigenvalue weighted by atomic mass is 9.92. The molecule has 0 saturated carbocycles. The lowest BCUT2D eigenvalue weighted by molar-refractivity contribution is -0.0433. The zero-order chi connectivity index (χ0) is 10.3. The molecule has 0 bridgehead atoms. The predicted molar refractivity (Wildman–Crippen MR) is 49.9 cm³/mol. The van der Waals surface area contributed by atoms with Gasteiger partial charge in [-0.3, -0.25) is 0 Å². The summed E-state index contributed by atoms with van der Waals surface area (Å²) in [6.45, 7) is 3.98. The summed E-state index contributed by atoms with van der Waals surface area (Å²) < 4.78 is 24.4. The fourth-order valence-corrected chi connectivity index (χ4v) is 1.53. The number of unbranched alkanes of at least 4 members (excludes halogenated alkanes) is 1. The van der Waals surface area contributed by atoms with E-state index in [1.165, 1.54) is 0 Å². The van der Waals surface area contributed by atoms with E-state index in [2.05, 4.69) is 0 Å². The number of halogens is 2. The van der Waals surface area contributed by atoms with Gasteiger partial charge in [-0.1, -0.05) is 33.1 Å². The monoisotopic (exact) mass is 194 g/mol. The summed E-state index contributed by atoms with van der Waals surface area (Å²) in [6.07, 6.45) is 0.185. The number of alkyl halides is 2. The van der Waals surface area contributed by atoms with Gasteiger partial charge in [0.15, 0.2) is 0 Å². The molecule has 0 aliphatic rings. The molecule has 0 amide bonds. The molecule has 0 heterocycles. The van der Waals surface area contributed by atoms with Gasteiger partial charge >= 0.3 is 0 Å². The van der Waals surface area contributed by atoms with E-state index in [0.29, 0.717) is 6.42 Å². The number of rotatable bonds is 7. The van der Waals surface area contributed by atoms with E-state index in [1.807, 2.05) is 13.8 Å². The number of aliphatic hydroxyl groups is 1. The van der Waals surface area contributed by atoms with Crippen LogP contribution in [0.5, 0.6) is 0 Å². The van der Waals surface area contributed by atoms with Crippen LogP contribution in [0.4, 0.5) is 8.78 Å². The topological polar surface area (TPSA) is 20.2 Å². The third-order valence-corrected chi connectivity index (χ3v) is 2.33. The molecule has 80 valence electrons. The first kappa shape index (κ1) is 12.8. The van der Waals surface area contributed by atoms with Crippen LogP contribution < -0.4 is 0 Å². The van der Waals surface area contributed by atoms with Crippen LogP contribution in [0.25, 0.3) is 0 Å². The maximum atomic E-state index is 12.2. The summed E-state index contributed by atoms with van der Waals surface area (Å²) in [4.78, 5) is 0. The molecule has 0 aliphatic carbocycles. The van der Waals surface area contributed by atoms with Gasteiger partial charge in [-0.05, 0) is 18.8 Å². The third-order valence-electron chi connectivity index (χ3n) is 2.33. The van der Waals surface area contributed by atoms with Gasteiger partial charge < -0.3 is 5.11 Å². The molecular formula is C10H20F2O. The molecule has 0 fully saturated rings. The molecule has 2 atom stereocenters. The Morgan fingerprint density at radius 2 is 1.69 bits per heavy atom. The van der Waals surface area contributed by atoms with Gasteiger partial charge in [-0.15, -0.1) is 0 Å². The number of hydrogen-bond acceptors (Lipinski definition) is 1. The average Bonchev–Trinajstić information content (AvgIpc) is 2.11. The van der Waals surface area contributed by atoms with Crippen molar-refractivity contribution in [1.29, 1.82) is 0 Å². The average molecular weight is 194 g/mol. The van der Waals surface area contributed by atoms with Crippen molar-refractivity contribution in [3.63, 3.8) is 0 Å². The van der Waals surface area contributed by atoms with Crippen molar-refractivity contribution in [2.75, 3.05) is 0 Å². The SMILES string of the molecule is CCCCC(CCC)C(O)C(F)F. The molecule has 0 saturated heterocycles. The minimum Gasteiger partial charge on any atom is -0.387 e. The Balaban J connectivity index is 3.90. The number of aliphatic hydroxyl groups excluding tert-OH is 1. The fourth-order valence-electron chi connectivity index (χ4n) is 1.53. The van der Waals surface area contributed by atoms with Gasteiger partial charge in [0.1, 0.15) is 6.10 Å². The third kappa shape index (κ3) is 5.19. The molecule has 0 aromatic carbocycles. The summed E-state index contributed by atoms with van der Waals surface area (Å²) in [7, 11) is 0. The normalized spacial score (nSPS) is 16.2. The van der Waals surface area contributed by atoms with Crippen LogP contribution in [0.2, 0.25) is 0 Å². The lowest BCUT2D eigenvalue weighted by Crippen LogP contribution is -2.27.